The Labute approximate surface area is 49.1 Å². The van der Waals surface area contributed by atoms with Gasteiger partial charge in [-0.3, -0.25) is 0 Å². The first-order valence-electron chi connectivity index (χ1n) is 3.99. The highest BCUT2D eigenvalue weighted by atomic mass is 16.3. The van der Waals surface area contributed by atoms with Crippen LogP contribution in [-0.4, -0.2) is 31.3 Å². The first kappa shape index (κ1) is 2.44. The summed E-state index contributed by atoms with van der Waals surface area (Å²) in [5.74, 6) is 0. The summed E-state index contributed by atoms with van der Waals surface area (Å²) in [6, 6.07) is 0. The van der Waals surface area contributed by atoms with E-state index in [9.17, 15) is 0 Å². The van der Waals surface area contributed by atoms with E-state index in [1.165, 1.54) is 0 Å². The van der Waals surface area contributed by atoms with E-state index in [1.807, 2.05) is 0 Å². The quantitative estimate of drug-likeness (QED) is 0.412. The smallest absolute Gasteiger partial charge is 0.0577 e. The number of aliphatic hydroxyl groups is 1. The molecule has 0 spiro atoms. The van der Waals surface area contributed by atoms with Crippen molar-refractivity contribution in [1.29, 1.82) is 0 Å². The van der Waals surface area contributed by atoms with Crippen molar-refractivity contribution in [1.82, 2.24) is 5.32 Å². The SMILES string of the molecule is [2H]C([2H])(O)C([2H])([2H])NCCN. The number of hydrogen-bond acceptors (Lipinski definition) is 3. The Kier molecular flexibility index (Phi) is 2.05. The Hall–Kier alpha value is -0.120. The summed E-state index contributed by atoms with van der Waals surface area (Å²) in [5.41, 5.74) is 5.05. The van der Waals surface area contributed by atoms with Gasteiger partial charge in [-0.2, -0.15) is 0 Å². The van der Waals surface area contributed by atoms with Crippen molar-refractivity contribution < 1.29 is 10.6 Å². The van der Waals surface area contributed by atoms with Gasteiger partial charge in [0.05, 0.1) is 9.30 Å². The molecule has 7 heavy (non-hydrogen) atoms. The summed E-state index contributed by atoms with van der Waals surface area (Å²) >= 11 is 0. The summed E-state index contributed by atoms with van der Waals surface area (Å²) in [7, 11) is 0. The lowest BCUT2D eigenvalue weighted by Gasteiger charge is -1.95. The van der Waals surface area contributed by atoms with Gasteiger partial charge in [0.25, 0.3) is 0 Å². The molecule has 0 unspecified atom stereocenters. The van der Waals surface area contributed by atoms with Crippen LogP contribution in [0.2, 0.25) is 0 Å². The summed E-state index contributed by atoms with van der Waals surface area (Å²) in [5, 5.41) is 10.8. The van der Waals surface area contributed by atoms with E-state index < -0.39 is 13.1 Å². The fourth-order valence-corrected chi connectivity index (χ4v) is 0.174. The monoisotopic (exact) mass is 108 g/mol. The molecule has 44 valence electrons. The van der Waals surface area contributed by atoms with Crippen LogP contribution in [-0.2, 0) is 0 Å². The highest BCUT2D eigenvalue weighted by Gasteiger charge is 1.77. The molecule has 0 aromatic carbocycles. The van der Waals surface area contributed by atoms with Crippen LogP contribution in [0.15, 0.2) is 0 Å². The maximum Gasteiger partial charge on any atom is 0.0577 e. The lowest BCUT2D eigenvalue weighted by Crippen LogP contribution is -2.24. The van der Waals surface area contributed by atoms with Crippen molar-refractivity contribution in [3.05, 3.63) is 0 Å². The molecular weight excluding hydrogens is 92.1 g/mol. The van der Waals surface area contributed by atoms with Gasteiger partial charge in [-0.05, 0) is 0 Å². The number of rotatable bonds is 4. The molecule has 3 nitrogen and oxygen atoms in total. The number of nitrogens with two attached hydrogens (primary N) is 1. The van der Waals surface area contributed by atoms with Crippen LogP contribution in [0.25, 0.3) is 0 Å². The first-order chi connectivity index (χ1) is 4.81. The van der Waals surface area contributed by atoms with Gasteiger partial charge in [-0.15, -0.1) is 0 Å². The lowest BCUT2D eigenvalue weighted by atomic mass is 10.6. The van der Waals surface area contributed by atoms with Gasteiger partial charge in [-0.25, -0.2) is 0 Å². The van der Waals surface area contributed by atoms with Crippen molar-refractivity contribution >= 4 is 0 Å². The molecule has 0 saturated carbocycles. The lowest BCUT2D eigenvalue weighted by molar-refractivity contribution is 0.293. The van der Waals surface area contributed by atoms with Crippen LogP contribution in [0.3, 0.4) is 0 Å². The Morgan fingerprint density at radius 2 is 2.57 bits per heavy atom. The zero-order chi connectivity index (χ0) is 9.12. The van der Waals surface area contributed by atoms with E-state index in [1.54, 1.807) is 0 Å². The Balaban J connectivity index is 4.00. The van der Waals surface area contributed by atoms with Crippen LogP contribution >= 0.6 is 0 Å². The molecule has 0 aromatic rings. The molecular formula is C4H12N2O. The van der Waals surface area contributed by atoms with Gasteiger partial charge >= 0.3 is 0 Å². The highest BCUT2D eigenvalue weighted by Crippen LogP contribution is 1.51. The van der Waals surface area contributed by atoms with Gasteiger partial charge in [0, 0.05) is 22.3 Å². The van der Waals surface area contributed by atoms with Gasteiger partial charge in [0.2, 0.25) is 0 Å². The molecule has 0 heterocycles. The van der Waals surface area contributed by atoms with Crippen molar-refractivity contribution in [2.75, 3.05) is 26.1 Å². The summed E-state index contributed by atoms with van der Waals surface area (Å²) in [6.45, 7) is -5.03. The van der Waals surface area contributed by atoms with Gasteiger partial charge in [-0.1, -0.05) is 0 Å². The fourth-order valence-electron chi connectivity index (χ4n) is 0.174. The molecule has 0 aliphatic carbocycles. The second-order valence-electron chi connectivity index (χ2n) is 0.952. The third-order valence-electron chi connectivity index (χ3n) is 0.414. The first-order valence-corrected chi connectivity index (χ1v) is 1.99. The Morgan fingerprint density at radius 1 is 1.86 bits per heavy atom. The molecule has 0 saturated heterocycles. The predicted octanol–water partition coefficient (Wildman–Crippen LogP) is -1.47. The number of nitrogens with one attached hydrogen (secondary N) is 1. The Morgan fingerprint density at radius 3 is 3.00 bits per heavy atom. The minimum absolute atomic E-state index is 0.118. The molecule has 0 aliphatic rings. The van der Waals surface area contributed by atoms with Crippen molar-refractivity contribution in [2.24, 2.45) is 5.73 Å². The minimum Gasteiger partial charge on any atom is -0.395 e. The average molecular weight is 108 g/mol. The van der Waals surface area contributed by atoms with E-state index in [4.69, 9.17) is 16.3 Å². The van der Waals surface area contributed by atoms with Crippen LogP contribution in [0, 0.1) is 0 Å². The van der Waals surface area contributed by atoms with Crippen LogP contribution in [0.1, 0.15) is 5.48 Å². The molecule has 0 bridgehead atoms. The molecule has 0 atom stereocenters. The highest BCUT2D eigenvalue weighted by molar-refractivity contribution is 4.42. The maximum atomic E-state index is 8.63. The normalized spacial score (nSPS) is 22.0. The summed E-state index contributed by atoms with van der Waals surface area (Å²) in [6.07, 6.45) is 0. The molecule has 0 fully saturated rings. The van der Waals surface area contributed by atoms with Crippen LogP contribution < -0.4 is 11.1 Å². The molecule has 0 amide bonds. The average Bonchev–Trinajstić information content (AvgIpc) is 1.81. The standard InChI is InChI=1S/C4H12N2O/c5-1-2-6-3-4-7/h6-7H,1-5H2/i3D2,4D2. The van der Waals surface area contributed by atoms with Gasteiger partial charge in [0.1, 0.15) is 0 Å². The van der Waals surface area contributed by atoms with E-state index in [-0.39, 0.29) is 13.1 Å². The third kappa shape index (κ3) is 5.88. The minimum atomic E-state index is -2.89. The van der Waals surface area contributed by atoms with Crippen LogP contribution in [0.5, 0.6) is 0 Å². The molecule has 0 radical (unpaired) electrons. The van der Waals surface area contributed by atoms with Crippen LogP contribution in [0.4, 0.5) is 0 Å². The summed E-state index contributed by atoms with van der Waals surface area (Å²) < 4.78 is 27.2. The topological polar surface area (TPSA) is 58.3 Å². The van der Waals surface area contributed by atoms with Gasteiger partial charge in [0.15, 0.2) is 0 Å². The van der Waals surface area contributed by atoms with Gasteiger partial charge < -0.3 is 16.2 Å². The largest absolute Gasteiger partial charge is 0.395 e. The summed E-state index contributed by atoms with van der Waals surface area (Å²) in [4.78, 5) is 0. The zero-order valence-corrected chi connectivity index (χ0v) is 3.94. The molecule has 0 rings (SSSR count). The van der Waals surface area contributed by atoms with Crippen molar-refractivity contribution in [3.63, 3.8) is 0 Å². The molecule has 0 aromatic heterocycles. The van der Waals surface area contributed by atoms with E-state index >= 15 is 0 Å². The molecule has 4 N–H and O–H groups in total. The molecule has 3 heteroatoms. The predicted molar refractivity (Wildman–Crippen MR) is 29.0 cm³/mol. The zero-order valence-electron chi connectivity index (χ0n) is 7.94. The third-order valence-corrected chi connectivity index (χ3v) is 0.414. The van der Waals surface area contributed by atoms with Crippen molar-refractivity contribution in [3.8, 4) is 0 Å². The fraction of sp³-hybridized carbons (Fsp3) is 1.00. The van der Waals surface area contributed by atoms with E-state index in [0.717, 1.165) is 0 Å². The van der Waals surface area contributed by atoms with E-state index in [2.05, 4.69) is 5.32 Å². The second kappa shape index (κ2) is 5.88. The Bertz CT molecular complexity index is 124. The van der Waals surface area contributed by atoms with E-state index in [0.29, 0.717) is 0 Å². The maximum absolute atomic E-state index is 8.63. The van der Waals surface area contributed by atoms with Crippen molar-refractivity contribution in [2.45, 2.75) is 0 Å². The second-order valence-corrected chi connectivity index (χ2v) is 0.952. The molecule has 0 aliphatic heterocycles. The number of hydrogen-bond donors (Lipinski definition) is 3.